The van der Waals surface area contributed by atoms with Gasteiger partial charge in [0.25, 0.3) is 0 Å². The lowest BCUT2D eigenvalue weighted by atomic mass is 10.0. The van der Waals surface area contributed by atoms with E-state index >= 15 is 0 Å². The quantitative estimate of drug-likeness (QED) is 0.606. The molecule has 3 N–H and O–H groups in total. The number of hydrogen-bond donors (Lipinski definition) is 3. The number of benzene rings is 1. The molecule has 0 aliphatic carbocycles. The maximum absolute atomic E-state index is 12.1. The van der Waals surface area contributed by atoms with E-state index in [1.54, 1.807) is 25.6 Å². The Hall–Kier alpha value is -2.87. The van der Waals surface area contributed by atoms with Gasteiger partial charge in [0, 0.05) is 31.5 Å². The Kier molecular flexibility index (Phi) is 6.81. The number of methoxy groups -OCH3 is 1. The largest absolute Gasteiger partial charge is 0.497 e. The summed E-state index contributed by atoms with van der Waals surface area (Å²) in [6.45, 7) is 1.79. The van der Waals surface area contributed by atoms with Crippen LogP contribution in [-0.2, 0) is 11.2 Å². The first-order valence-corrected chi connectivity index (χ1v) is 9.06. The van der Waals surface area contributed by atoms with Crippen LogP contribution in [0.5, 0.6) is 5.75 Å². The third kappa shape index (κ3) is 5.82. The summed E-state index contributed by atoms with van der Waals surface area (Å²) in [4.78, 5) is 20.2. The van der Waals surface area contributed by atoms with Gasteiger partial charge in [-0.15, -0.1) is 0 Å². The molecule has 144 valence electrons. The van der Waals surface area contributed by atoms with Crippen LogP contribution in [0, 0.1) is 0 Å². The normalized spacial score (nSPS) is 18.7. The van der Waals surface area contributed by atoms with Gasteiger partial charge >= 0.3 is 6.09 Å². The molecule has 2 heterocycles. The molecule has 8 heteroatoms. The summed E-state index contributed by atoms with van der Waals surface area (Å²) in [5.74, 6) is 1.37. The van der Waals surface area contributed by atoms with Gasteiger partial charge in [0.15, 0.2) is 0 Å². The maximum atomic E-state index is 12.1. The number of anilines is 1. The highest BCUT2D eigenvalue weighted by Crippen LogP contribution is 2.18. The Balaban J connectivity index is 1.39. The van der Waals surface area contributed by atoms with Crippen molar-refractivity contribution < 1.29 is 14.3 Å². The molecule has 0 spiro atoms. The van der Waals surface area contributed by atoms with E-state index in [2.05, 4.69) is 25.9 Å². The molecule has 8 nitrogen and oxygen atoms in total. The fourth-order valence-electron chi connectivity index (χ4n) is 3.01. The predicted molar refractivity (Wildman–Crippen MR) is 102 cm³/mol. The molecule has 27 heavy (non-hydrogen) atoms. The zero-order valence-electron chi connectivity index (χ0n) is 15.4. The molecule has 1 aromatic heterocycles. The predicted octanol–water partition coefficient (Wildman–Crippen LogP) is 1.60. The van der Waals surface area contributed by atoms with Crippen LogP contribution in [0.25, 0.3) is 0 Å². The number of alkyl carbamates (subject to hydrolysis) is 1. The van der Waals surface area contributed by atoms with Crippen molar-refractivity contribution >= 4 is 12.0 Å². The topological polar surface area (TPSA) is 97.4 Å². The summed E-state index contributed by atoms with van der Waals surface area (Å²) in [7, 11) is 1.65. The summed E-state index contributed by atoms with van der Waals surface area (Å²) in [6.07, 6.45) is 4.39. The van der Waals surface area contributed by atoms with Crippen LogP contribution < -0.4 is 20.7 Å². The van der Waals surface area contributed by atoms with E-state index < -0.39 is 6.09 Å². The average Bonchev–Trinajstić information content (AvgIpc) is 3.13. The maximum Gasteiger partial charge on any atom is 0.407 e. The van der Waals surface area contributed by atoms with Gasteiger partial charge in [-0.1, -0.05) is 12.1 Å². The highest BCUT2D eigenvalue weighted by Gasteiger charge is 2.30. The first kappa shape index (κ1) is 18.9. The number of hydrogen-bond acceptors (Lipinski definition) is 7. The number of amides is 1. The van der Waals surface area contributed by atoms with Gasteiger partial charge in [-0.25, -0.2) is 14.8 Å². The Morgan fingerprint density at radius 3 is 2.74 bits per heavy atom. The highest BCUT2D eigenvalue weighted by molar-refractivity contribution is 5.67. The van der Waals surface area contributed by atoms with Crippen LogP contribution in [0.4, 0.5) is 10.7 Å². The minimum absolute atomic E-state index is 0.111. The molecule has 2 atom stereocenters. The molecule has 0 radical (unpaired) electrons. The fraction of sp³-hybridized carbons (Fsp3) is 0.421. The van der Waals surface area contributed by atoms with Crippen molar-refractivity contribution in [1.82, 2.24) is 20.6 Å². The van der Waals surface area contributed by atoms with Gasteiger partial charge in [-0.05, 0) is 43.1 Å². The minimum Gasteiger partial charge on any atom is -0.497 e. The standard InChI is InChI=1S/C19H25N5O3/c1-26-15-5-3-14(4-6-15)13-16-17(7-10-20-16)27-19(25)24-12-11-23-18-21-8-2-9-22-18/h2-6,8-9,16-17,20H,7,10-13H2,1H3,(H,24,25)(H,21,22,23). The van der Waals surface area contributed by atoms with E-state index in [1.807, 2.05) is 24.3 Å². The molecule has 0 saturated carbocycles. The Labute approximate surface area is 158 Å². The van der Waals surface area contributed by atoms with Crippen LogP contribution in [-0.4, -0.2) is 55.0 Å². The van der Waals surface area contributed by atoms with Gasteiger partial charge in [-0.2, -0.15) is 0 Å². The van der Waals surface area contributed by atoms with E-state index in [-0.39, 0.29) is 12.1 Å². The number of carbonyl (C=O) groups excluding carboxylic acids is 1. The van der Waals surface area contributed by atoms with E-state index in [4.69, 9.17) is 9.47 Å². The van der Waals surface area contributed by atoms with E-state index in [0.29, 0.717) is 19.0 Å². The van der Waals surface area contributed by atoms with E-state index in [9.17, 15) is 4.79 Å². The monoisotopic (exact) mass is 371 g/mol. The molecule has 1 fully saturated rings. The molecule has 1 aliphatic heterocycles. The van der Waals surface area contributed by atoms with Gasteiger partial charge in [0.05, 0.1) is 7.11 Å². The SMILES string of the molecule is COc1ccc(CC2NCCC2OC(=O)NCCNc2ncccn2)cc1. The second-order valence-electron chi connectivity index (χ2n) is 6.27. The molecule has 0 bridgehead atoms. The highest BCUT2D eigenvalue weighted by atomic mass is 16.6. The lowest BCUT2D eigenvalue weighted by Crippen LogP contribution is -2.39. The Morgan fingerprint density at radius 1 is 1.22 bits per heavy atom. The number of ether oxygens (including phenoxy) is 2. The molecule has 1 aromatic carbocycles. The van der Waals surface area contributed by atoms with Gasteiger partial charge < -0.3 is 25.4 Å². The summed E-state index contributed by atoms with van der Waals surface area (Å²) >= 11 is 0. The van der Waals surface area contributed by atoms with E-state index in [1.165, 1.54) is 5.56 Å². The first-order chi connectivity index (χ1) is 13.2. The summed E-state index contributed by atoms with van der Waals surface area (Å²) < 4.78 is 10.8. The lowest BCUT2D eigenvalue weighted by molar-refractivity contribution is 0.0903. The zero-order chi connectivity index (χ0) is 18.9. The Morgan fingerprint density at radius 2 is 2.00 bits per heavy atom. The minimum atomic E-state index is -0.404. The van der Waals surface area contributed by atoms with Crippen LogP contribution in [0.15, 0.2) is 42.7 Å². The molecule has 1 saturated heterocycles. The summed E-state index contributed by atoms with van der Waals surface area (Å²) in [5.41, 5.74) is 1.18. The molecule has 2 unspecified atom stereocenters. The van der Waals surface area contributed by atoms with Gasteiger partial charge in [0.1, 0.15) is 11.9 Å². The third-order valence-corrected chi connectivity index (χ3v) is 4.40. The lowest BCUT2D eigenvalue weighted by Gasteiger charge is -2.20. The van der Waals surface area contributed by atoms with Crippen molar-refractivity contribution in [2.24, 2.45) is 0 Å². The van der Waals surface area contributed by atoms with E-state index in [0.717, 1.165) is 25.1 Å². The van der Waals surface area contributed by atoms with Crippen molar-refractivity contribution in [2.75, 3.05) is 32.1 Å². The second kappa shape index (κ2) is 9.72. The Bertz CT molecular complexity index is 711. The number of aromatic nitrogens is 2. The van der Waals surface area contributed by atoms with Crippen molar-refractivity contribution in [3.8, 4) is 5.75 Å². The number of rotatable bonds is 8. The third-order valence-electron chi connectivity index (χ3n) is 4.40. The van der Waals surface area contributed by atoms with Crippen LogP contribution in [0.2, 0.25) is 0 Å². The molecule has 2 aromatic rings. The molecule has 3 rings (SSSR count). The van der Waals surface area contributed by atoms with Crippen molar-refractivity contribution in [3.05, 3.63) is 48.3 Å². The van der Waals surface area contributed by atoms with Crippen molar-refractivity contribution in [2.45, 2.75) is 25.0 Å². The molecule has 1 aliphatic rings. The molecular weight excluding hydrogens is 346 g/mol. The zero-order valence-corrected chi connectivity index (χ0v) is 15.4. The van der Waals surface area contributed by atoms with Gasteiger partial charge in [0.2, 0.25) is 5.95 Å². The van der Waals surface area contributed by atoms with Crippen molar-refractivity contribution in [1.29, 1.82) is 0 Å². The first-order valence-electron chi connectivity index (χ1n) is 9.06. The number of carbonyl (C=O) groups is 1. The van der Waals surface area contributed by atoms with Crippen LogP contribution in [0.1, 0.15) is 12.0 Å². The average molecular weight is 371 g/mol. The summed E-state index contributed by atoms with van der Waals surface area (Å²) in [6, 6.07) is 9.81. The second-order valence-corrected chi connectivity index (χ2v) is 6.27. The van der Waals surface area contributed by atoms with Crippen LogP contribution >= 0.6 is 0 Å². The van der Waals surface area contributed by atoms with Crippen molar-refractivity contribution in [3.63, 3.8) is 0 Å². The number of nitrogens with zero attached hydrogens (tertiary/aromatic N) is 2. The fourth-order valence-corrected chi connectivity index (χ4v) is 3.01. The van der Waals surface area contributed by atoms with Crippen LogP contribution in [0.3, 0.4) is 0 Å². The number of nitrogens with one attached hydrogen (secondary N) is 3. The molecule has 1 amide bonds. The molecular formula is C19H25N5O3. The summed E-state index contributed by atoms with van der Waals surface area (Å²) in [5, 5.41) is 9.20. The smallest absolute Gasteiger partial charge is 0.407 e. The van der Waals surface area contributed by atoms with Gasteiger partial charge in [-0.3, -0.25) is 0 Å².